The molecule has 2 heterocycles. The molecule has 25 heavy (non-hydrogen) atoms. The molecule has 128 valence electrons. The number of hydrogen-bond donors (Lipinski definition) is 1. The Morgan fingerprint density at radius 1 is 1.04 bits per heavy atom. The van der Waals surface area contributed by atoms with Crippen LogP contribution in [0.4, 0.5) is 5.69 Å². The van der Waals surface area contributed by atoms with Crippen LogP contribution in [0.5, 0.6) is 0 Å². The van der Waals surface area contributed by atoms with Crippen LogP contribution in [-0.4, -0.2) is 23.0 Å². The number of rotatable bonds is 4. The van der Waals surface area contributed by atoms with Gasteiger partial charge < -0.3 is 5.73 Å². The van der Waals surface area contributed by atoms with Gasteiger partial charge >= 0.3 is 0 Å². The molecule has 0 radical (unpaired) electrons. The van der Waals surface area contributed by atoms with Gasteiger partial charge in [0.1, 0.15) is 0 Å². The van der Waals surface area contributed by atoms with E-state index in [1.54, 1.807) is 0 Å². The Kier molecular flexibility index (Phi) is 4.66. The van der Waals surface area contributed by atoms with E-state index in [1.807, 2.05) is 24.5 Å². The lowest BCUT2D eigenvalue weighted by molar-refractivity contribution is 0.177. The number of nitrogen functional groups attached to an aromatic ring is 1. The predicted molar refractivity (Wildman–Crippen MR) is 104 cm³/mol. The average molecular weight is 331 g/mol. The highest BCUT2D eigenvalue weighted by Crippen LogP contribution is 2.26. The number of hydrogen-bond acceptors (Lipinski definition) is 3. The fourth-order valence-corrected chi connectivity index (χ4v) is 3.98. The van der Waals surface area contributed by atoms with Gasteiger partial charge in [0.2, 0.25) is 0 Å². The molecule has 2 aromatic carbocycles. The van der Waals surface area contributed by atoms with Crippen molar-refractivity contribution in [2.75, 3.05) is 18.8 Å². The monoisotopic (exact) mass is 331 g/mol. The molecule has 0 spiro atoms. The molecule has 0 saturated carbocycles. The Balaban J connectivity index is 1.37. The topological polar surface area (TPSA) is 42.1 Å². The molecule has 1 saturated heterocycles. The van der Waals surface area contributed by atoms with Crippen LogP contribution in [0.3, 0.4) is 0 Å². The lowest BCUT2D eigenvalue weighted by atomic mass is 9.88. The predicted octanol–water partition coefficient (Wildman–Crippen LogP) is 4.27. The van der Waals surface area contributed by atoms with E-state index in [1.165, 1.54) is 54.3 Å². The molecule has 3 aromatic rings. The molecule has 1 aliphatic heterocycles. The fraction of sp³-hybridized carbons (Fsp3) is 0.318. The maximum absolute atomic E-state index is 5.89. The van der Waals surface area contributed by atoms with Crippen molar-refractivity contribution in [1.82, 2.24) is 9.88 Å². The van der Waals surface area contributed by atoms with Gasteiger partial charge in [-0.05, 0) is 73.0 Å². The molecule has 0 amide bonds. The number of likely N-dealkylation sites (tertiary alicyclic amines) is 1. The SMILES string of the molecule is Nc1cccc(CN2CCC(Cc3cccc4cnccc34)CC2)c1. The van der Waals surface area contributed by atoms with Crippen molar-refractivity contribution in [3.05, 3.63) is 72.1 Å². The smallest absolute Gasteiger partial charge is 0.0346 e. The largest absolute Gasteiger partial charge is 0.399 e. The van der Waals surface area contributed by atoms with E-state index >= 15 is 0 Å². The first-order valence-electron chi connectivity index (χ1n) is 9.16. The van der Waals surface area contributed by atoms with Crippen LogP contribution in [0.2, 0.25) is 0 Å². The minimum absolute atomic E-state index is 0.774. The van der Waals surface area contributed by atoms with E-state index in [0.717, 1.165) is 18.2 Å². The summed E-state index contributed by atoms with van der Waals surface area (Å²) in [5.74, 6) is 0.774. The molecule has 3 heteroatoms. The van der Waals surface area contributed by atoms with E-state index in [2.05, 4.69) is 46.3 Å². The zero-order chi connectivity index (χ0) is 17.1. The third-order valence-electron chi connectivity index (χ3n) is 5.34. The first-order valence-corrected chi connectivity index (χ1v) is 9.16. The molecular formula is C22H25N3. The lowest BCUT2D eigenvalue weighted by Gasteiger charge is -2.32. The van der Waals surface area contributed by atoms with Gasteiger partial charge in [-0.1, -0.05) is 30.3 Å². The van der Waals surface area contributed by atoms with Gasteiger partial charge in [0.25, 0.3) is 0 Å². The van der Waals surface area contributed by atoms with Gasteiger partial charge in [0.05, 0.1) is 0 Å². The molecule has 0 aliphatic carbocycles. The van der Waals surface area contributed by atoms with Crippen molar-refractivity contribution in [2.24, 2.45) is 5.92 Å². The molecule has 2 N–H and O–H groups in total. The third-order valence-corrected chi connectivity index (χ3v) is 5.34. The number of fused-ring (bicyclic) bond motifs is 1. The van der Waals surface area contributed by atoms with Crippen LogP contribution in [-0.2, 0) is 13.0 Å². The van der Waals surface area contributed by atoms with Crippen LogP contribution >= 0.6 is 0 Å². The molecule has 1 fully saturated rings. The quantitative estimate of drug-likeness (QED) is 0.726. The molecule has 0 unspecified atom stereocenters. The summed E-state index contributed by atoms with van der Waals surface area (Å²) < 4.78 is 0. The first-order chi connectivity index (χ1) is 12.3. The summed E-state index contributed by atoms with van der Waals surface area (Å²) in [7, 11) is 0. The van der Waals surface area contributed by atoms with Crippen LogP contribution in [0.25, 0.3) is 10.8 Å². The number of aromatic nitrogens is 1. The normalized spacial score (nSPS) is 16.3. The number of pyridine rings is 1. The van der Waals surface area contributed by atoms with E-state index in [0.29, 0.717) is 0 Å². The maximum Gasteiger partial charge on any atom is 0.0346 e. The molecule has 3 nitrogen and oxygen atoms in total. The van der Waals surface area contributed by atoms with Crippen LogP contribution in [0.15, 0.2) is 60.9 Å². The number of anilines is 1. The minimum atomic E-state index is 0.774. The number of benzene rings is 2. The summed E-state index contributed by atoms with van der Waals surface area (Å²) in [6.45, 7) is 3.36. The van der Waals surface area contributed by atoms with Gasteiger partial charge in [-0.3, -0.25) is 9.88 Å². The standard InChI is InChI=1S/C22H25N3/c23-21-6-1-3-18(14-21)16-25-11-8-17(9-12-25)13-19-4-2-5-20-15-24-10-7-22(19)20/h1-7,10,14-15,17H,8-9,11-13,16,23H2. The Morgan fingerprint density at radius 3 is 2.72 bits per heavy atom. The zero-order valence-electron chi connectivity index (χ0n) is 14.6. The molecule has 1 aliphatic rings. The van der Waals surface area contributed by atoms with Crippen molar-refractivity contribution in [2.45, 2.75) is 25.8 Å². The zero-order valence-corrected chi connectivity index (χ0v) is 14.6. The van der Waals surface area contributed by atoms with Crippen LogP contribution in [0.1, 0.15) is 24.0 Å². The van der Waals surface area contributed by atoms with Crippen LogP contribution in [0, 0.1) is 5.92 Å². The summed E-state index contributed by atoms with van der Waals surface area (Å²) in [5.41, 5.74) is 9.54. The summed E-state index contributed by atoms with van der Waals surface area (Å²) in [4.78, 5) is 6.80. The second-order valence-corrected chi connectivity index (χ2v) is 7.18. The third kappa shape index (κ3) is 3.83. The number of piperidine rings is 1. The highest BCUT2D eigenvalue weighted by atomic mass is 15.1. The van der Waals surface area contributed by atoms with Gasteiger partial charge in [0, 0.05) is 30.0 Å². The van der Waals surface area contributed by atoms with Gasteiger partial charge in [-0.25, -0.2) is 0 Å². The first kappa shape index (κ1) is 16.1. The highest BCUT2D eigenvalue weighted by molar-refractivity contribution is 5.84. The van der Waals surface area contributed by atoms with Crippen molar-refractivity contribution in [1.29, 1.82) is 0 Å². The minimum Gasteiger partial charge on any atom is -0.399 e. The van der Waals surface area contributed by atoms with Crippen molar-refractivity contribution in [3.8, 4) is 0 Å². The van der Waals surface area contributed by atoms with E-state index in [-0.39, 0.29) is 0 Å². The second kappa shape index (κ2) is 7.24. The van der Waals surface area contributed by atoms with Gasteiger partial charge in [-0.15, -0.1) is 0 Å². The van der Waals surface area contributed by atoms with Crippen molar-refractivity contribution in [3.63, 3.8) is 0 Å². The Bertz CT molecular complexity index is 845. The molecule has 0 atom stereocenters. The number of nitrogens with two attached hydrogens (primary N) is 1. The lowest BCUT2D eigenvalue weighted by Crippen LogP contribution is -2.33. The molecular weight excluding hydrogens is 306 g/mol. The average Bonchev–Trinajstić information content (AvgIpc) is 2.64. The summed E-state index contributed by atoms with van der Waals surface area (Å²) in [5, 5.41) is 2.61. The molecule has 4 rings (SSSR count). The summed E-state index contributed by atoms with van der Waals surface area (Å²) >= 11 is 0. The molecule has 0 bridgehead atoms. The van der Waals surface area contributed by atoms with Crippen molar-refractivity contribution >= 4 is 16.5 Å². The molecule has 1 aromatic heterocycles. The number of nitrogens with zero attached hydrogens (tertiary/aromatic N) is 2. The van der Waals surface area contributed by atoms with E-state index < -0.39 is 0 Å². The van der Waals surface area contributed by atoms with Crippen molar-refractivity contribution < 1.29 is 0 Å². The summed E-state index contributed by atoms with van der Waals surface area (Å²) in [6, 6.07) is 17.0. The maximum atomic E-state index is 5.89. The Morgan fingerprint density at radius 2 is 1.88 bits per heavy atom. The van der Waals surface area contributed by atoms with Gasteiger partial charge in [-0.2, -0.15) is 0 Å². The van der Waals surface area contributed by atoms with Gasteiger partial charge in [0.15, 0.2) is 0 Å². The van der Waals surface area contributed by atoms with Crippen LogP contribution < -0.4 is 5.73 Å². The fourth-order valence-electron chi connectivity index (χ4n) is 3.98. The second-order valence-electron chi connectivity index (χ2n) is 7.18. The Labute approximate surface area is 149 Å². The van der Waals surface area contributed by atoms with E-state index in [9.17, 15) is 0 Å². The van der Waals surface area contributed by atoms with E-state index in [4.69, 9.17) is 5.73 Å². The highest BCUT2D eigenvalue weighted by Gasteiger charge is 2.20. The summed E-state index contributed by atoms with van der Waals surface area (Å²) in [6.07, 6.45) is 7.58. The Hall–Kier alpha value is -2.39.